The maximum atomic E-state index is 12.8. The Hall–Kier alpha value is -1.95. The zero-order valence-corrected chi connectivity index (χ0v) is 15.5. The predicted octanol–water partition coefficient (Wildman–Crippen LogP) is -0.780. The van der Waals surface area contributed by atoms with Gasteiger partial charge in [-0.2, -0.15) is 9.57 Å². The van der Waals surface area contributed by atoms with Gasteiger partial charge in [-0.1, -0.05) is 26.0 Å². The van der Waals surface area contributed by atoms with Crippen LogP contribution >= 0.6 is 0 Å². The van der Waals surface area contributed by atoms with Crippen LogP contribution in [0.1, 0.15) is 19.4 Å². The van der Waals surface area contributed by atoms with Crippen LogP contribution in [0.15, 0.2) is 29.2 Å². The smallest absolute Gasteiger partial charge is 0.275 e. The molecule has 1 aromatic rings. The second-order valence-corrected chi connectivity index (χ2v) is 8.54. The van der Waals surface area contributed by atoms with Crippen molar-refractivity contribution in [2.24, 2.45) is 5.92 Å². The SMILES string of the molecule is CC(C)CNC(=O)C[NH+]1CCN(S(=O)(=O)c2ccccc2C#N)CC1. The van der Waals surface area contributed by atoms with E-state index < -0.39 is 10.0 Å². The van der Waals surface area contributed by atoms with Gasteiger partial charge in [0.2, 0.25) is 10.0 Å². The summed E-state index contributed by atoms with van der Waals surface area (Å²) in [5.74, 6) is 0.399. The first-order valence-corrected chi connectivity index (χ1v) is 9.88. The Labute approximate surface area is 149 Å². The third kappa shape index (κ3) is 5.01. The van der Waals surface area contributed by atoms with Gasteiger partial charge in [-0.3, -0.25) is 4.79 Å². The van der Waals surface area contributed by atoms with E-state index in [1.165, 1.54) is 16.4 Å². The summed E-state index contributed by atoms with van der Waals surface area (Å²) >= 11 is 0. The Bertz CT molecular complexity index is 747. The zero-order chi connectivity index (χ0) is 18.4. The van der Waals surface area contributed by atoms with Crippen LogP contribution in [0.4, 0.5) is 0 Å². The van der Waals surface area contributed by atoms with Crippen LogP contribution in [0, 0.1) is 17.2 Å². The molecule has 1 heterocycles. The largest absolute Gasteiger partial charge is 0.351 e. The van der Waals surface area contributed by atoms with Crippen LogP contribution in [0.25, 0.3) is 0 Å². The second-order valence-electron chi connectivity index (χ2n) is 6.64. The fraction of sp³-hybridized carbons (Fsp3) is 0.529. The number of quaternary nitrogens is 1. The van der Waals surface area contributed by atoms with Crippen LogP contribution in [0.3, 0.4) is 0 Å². The fourth-order valence-electron chi connectivity index (χ4n) is 2.75. The van der Waals surface area contributed by atoms with Crippen LogP contribution in [0.5, 0.6) is 0 Å². The summed E-state index contributed by atoms with van der Waals surface area (Å²) in [4.78, 5) is 13.0. The Morgan fingerprint density at radius 1 is 1.32 bits per heavy atom. The maximum absolute atomic E-state index is 12.8. The first-order chi connectivity index (χ1) is 11.8. The van der Waals surface area contributed by atoms with Crippen molar-refractivity contribution in [2.75, 3.05) is 39.3 Å². The lowest BCUT2D eigenvalue weighted by molar-refractivity contribution is -0.895. The van der Waals surface area contributed by atoms with E-state index in [0.717, 1.165) is 4.90 Å². The fourth-order valence-corrected chi connectivity index (χ4v) is 4.33. The molecule has 136 valence electrons. The minimum atomic E-state index is -3.68. The molecule has 2 rings (SSSR count). The van der Waals surface area contributed by atoms with E-state index in [4.69, 9.17) is 5.26 Å². The van der Waals surface area contributed by atoms with Crippen LogP contribution in [-0.4, -0.2) is 57.9 Å². The average molecular weight is 365 g/mol. The van der Waals surface area contributed by atoms with Crippen LogP contribution in [-0.2, 0) is 14.8 Å². The number of benzene rings is 1. The average Bonchev–Trinajstić information content (AvgIpc) is 2.60. The van der Waals surface area contributed by atoms with Crippen molar-refractivity contribution < 1.29 is 18.1 Å². The van der Waals surface area contributed by atoms with Gasteiger partial charge < -0.3 is 10.2 Å². The molecule has 0 atom stereocenters. The minimum absolute atomic E-state index is 0.00478. The Kier molecular flexibility index (Phi) is 6.53. The van der Waals surface area contributed by atoms with E-state index >= 15 is 0 Å². The lowest BCUT2D eigenvalue weighted by Gasteiger charge is -2.31. The monoisotopic (exact) mass is 365 g/mol. The summed E-state index contributed by atoms with van der Waals surface area (Å²) in [5, 5.41) is 12.0. The third-order valence-electron chi connectivity index (χ3n) is 4.17. The molecule has 0 spiro atoms. The van der Waals surface area contributed by atoms with Gasteiger partial charge >= 0.3 is 0 Å². The number of nitrogens with zero attached hydrogens (tertiary/aromatic N) is 2. The van der Waals surface area contributed by atoms with E-state index in [1.54, 1.807) is 12.1 Å². The van der Waals surface area contributed by atoms with Crippen molar-refractivity contribution in [1.82, 2.24) is 9.62 Å². The summed E-state index contributed by atoms with van der Waals surface area (Å²) in [7, 11) is -3.68. The van der Waals surface area contributed by atoms with Gasteiger partial charge in [0, 0.05) is 6.54 Å². The zero-order valence-electron chi connectivity index (χ0n) is 14.7. The molecular weight excluding hydrogens is 340 g/mol. The number of carbonyl (C=O) groups excluding carboxylic acids is 1. The first-order valence-electron chi connectivity index (χ1n) is 8.44. The lowest BCUT2D eigenvalue weighted by atomic mass is 10.2. The molecular formula is C17H25N4O3S+. The number of rotatable bonds is 6. The molecule has 1 fully saturated rings. The predicted molar refractivity (Wildman–Crippen MR) is 93.3 cm³/mol. The molecule has 0 radical (unpaired) electrons. The van der Waals surface area contributed by atoms with Gasteiger partial charge in [0.25, 0.3) is 5.91 Å². The van der Waals surface area contributed by atoms with Crippen molar-refractivity contribution in [3.63, 3.8) is 0 Å². The van der Waals surface area contributed by atoms with Gasteiger partial charge in [-0.25, -0.2) is 8.42 Å². The molecule has 0 saturated carbocycles. The quantitative estimate of drug-likeness (QED) is 0.691. The maximum Gasteiger partial charge on any atom is 0.275 e. The van der Waals surface area contributed by atoms with E-state index in [-0.39, 0.29) is 16.4 Å². The Morgan fingerprint density at radius 2 is 1.96 bits per heavy atom. The summed E-state index contributed by atoms with van der Waals surface area (Å²) in [6.07, 6.45) is 0. The molecule has 1 amide bonds. The van der Waals surface area contributed by atoms with Crippen LogP contribution in [0.2, 0.25) is 0 Å². The highest BCUT2D eigenvalue weighted by atomic mass is 32.2. The molecule has 2 N–H and O–H groups in total. The molecule has 0 aliphatic carbocycles. The van der Waals surface area contributed by atoms with Crippen molar-refractivity contribution in [3.8, 4) is 6.07 Å². The highest BCUT2D eigenvalue weighted by Crippen LogP contribution is 2.19. The van der Waals surface area contributed by atoms with E-state index in [2.05, 4.69) is 5.32 Å². The number of nitriles is 1. The summed E-state index contributed by atoms with van der Waals surface area (Å²) in [5.41, 5.74) is 0.158. The molecule has 0 bridgehead atoms. The Morgan fingerprint density at radius 3 is 2.56 bits per heavy atom. The van der Waals surface area contributed by atoms with Gasteiger partial charge in [-0.05, 0) is 18.1 Å². The summed E-state index contributed by atoms with van der Waals surface area (Å²) < 4.78 is 26.9. The van der Waals surface area contributed by atoms with Gasteiger partial charge in [-0.15, -0.1) is 0 Å². The topological polar surface area (TPSA) is 94.7 Å². The molecule has 1 aromatic carbocycles. The van der Waals surface area contributed by atoms with E-state index in [0.29, 0.717) is 45.2 Å². The number of nitrogens with one attached hydrogen (secondary N) is 2. The molecule has 7 nitrogen and oxygen atoms in total. The summed E-state index contributed by atoms with van der Waals surface area (Å²) in [6.45, 7) is 6.91. The molecule has 0 aromatic heterocycles. The first kappa shape index (κ1) is 19.4. The molecule has 25 heavy (non-hydrogen) atoms. The van der Waals surface area contributed by atoms with Crippen LogP contribution < -0.4 is 10.2 Å². The molecule has 1 saturated heterocycles. The number of hydrogen-bond acceptors (Lipinski definition) is 4. The highest BCUT2D eigenvalue weighted by Gasteiger charge is 2.32. The van der Waals surface area contributed by atoms with Gasteiger partial charge in [0.1, 0.15) is 6.07 Å². The summed E-state index contributed by atoms with van der Waals surface area (Å²) in [6, 6.07) is 8.17. The normalized spacial score (nSPS) is 16.6. The van der Waals surface area contributed by atoms with E-state index in [1.807, 2.05) is 19.9 Å². The second kappa shape index (κ2) is 8.43. The molecule has 8 heteroatoms. The third-order valence-corrected chi connectivity index (χ3v) is 6.13. The van der Waals surface area contributed by atoms with Gasteiger partial charge in [0.05, 0.1) is 36.6 Å². The minimum Gasteiger partial charge on any atom is -0.351 e. The van der Waals surface area contributed by atoms with E-state index in [9.17, 15) is 13.2 Å². The van der Waals surface area contributed by atoms with Gasteiger partial charge in [0.15, 0.2) is 6.54 Å². The lowest BCUT2D eigenvalue weighted by Crippen LogP contribution is -3.15. The molecule has 1 aliphatic rings. The highest BCUT2D eigenvalue weighted by molar-refractivity contribution is 7.89. The van der Waals surface area contributed by atoms with Crippen molar-refractivity contribution >= 4 is 15.9 Å². The molecule has 0 unspecified atom stereocenters. The Balaban J connectivity index is 1.95. The number of piperazine rings is 1. The van der Waals surface area contributed by atoms with Crippen molar-refractivity contribution in [3.05, 3.63) is 29.8 Å². The number of amides is 1. The number of sulfonamides is 1. The number of carbonyl (C=O) groups is 1. The van der Waals surface area contributed by atoms with Crippen molar-refractivity contribution in [2.45, 2.75) is 18.7 Å². The van der Waals surface area contributed by atoms with Crippen molar-refractivity contribution in [1.29, 1.82) is 5.26 Å². The standard InChI is InChI=1S/C17H24N4O3S/c1-14(2)12-19-17(22)13-20-7-9-21(10-8-20)25(23,24)16-6-4-3-5-15(16)11-18/h3-6,14H,7-10,12-13H2,1-2H3,(H,19,22)/p+1. The number of hydrogen-bond donors (Lipinski definition) is 2. The molecule has 1 aliphatic heterocycles.